The molecule has 0 aromatic heterocycles. The number of rotatable bonds is 4. The highest BCUT2D eigenvalue weighted by Gasteiger charge is 2.19. The minimum absolute atomic E-state index is 0.188. The molecule has 0 aliphatic heterocycles. The van der Waals surface area contributed by atoms with Crippen molar-refractivity contribution in [2.75, 3.05) is 6.54 Å². The van der Waals surface area contributed by atoms with Crippen molar-refractivity contribution in [3.05, 3.63) is 28.3 Å². The van der Waals surface area contributed by atoms with E-state index in [9.17, 15) is 8.42 Å². The van der Waals surface area contributed by atoms with Crippen molar-refractivity contribution in [3.8, 4) is 0 Å². The van der Waals surface area contributed by atoms with Gasteiger partial charge in [0.1, 0.15) is 4.90 Å². The van der Waals surface area contributed by atoms with Crippen LogP contribution in [0.2, 0.25) is 5.02 Å². The predicted octanol–water partition coefficient (Wildman–Crippen LogP) is 2.65. The maximum atomic E-state index is 11.9. The minimum Gasteiger partial charge on any atom is -0.211 e. The fraction of sp³-hybridized carbons (Fsp3) is 0.455. The molecule has 0 aliphatic carbocycles. The lowest BCUT2D eigenvalue weighted by molar-refractivity contribution is 0.580. The molecule has 0 heterocycles. The molecule has 0 saturated carbocycles. The molecule has 0 unspecified atom stereocenters. The molecule has 0 bridgehead atoms. The molecule has 1 aromatic carbocycles. The van der Waals surface area contributed by atoms with E-state index in [1.165, 1.54) is 0 Å². The fourth-order valence-corrected chi connectivity index (χ4v) is 3.59. The van der Waals surface area contributed by atoms with Gasteiger partial charge in [-0.05, 0) is 37.5 Å². The summed E-state index contributed by atoms with van der Waals surface area (Å²) in [5.74, 6) is 0. The molecule has 16 heavy (non-hydrogen) atoms. The van der Waals surface area contributed by atoms with Crippen molar-refractivity contribution < 1.29 is 8.42 Å². The lowest BCUT2D eigenvalue weighted by Gasteiger charge is -2.11. The van der Waals surface area contributed by atoms with Gasteiger partial charge in [-0.2, -0.15) is 0 Å². The topological polar surface area (TPSA) is 46.2 Å². The molecule has 0 radical (unpaired) electrons. The summed E-state index contributed by atoms with van der Waals surface area (Å²) in [7, 11) is -3.48. The van der Waals surface area contributed by atoms with Gasteiger partial charge in [0.25, 0.3) is 0 Å². The molecule has 0 fully saturated rings. The predicted molar refractivity (Wildman–Crippen MR) is 66.4 cm³/mol. The van der Waals surface area contributed by atoms with Crippen molar-refractivity contribution >= 4 is 21.6 Å². The molecular weight excluding hydrogens is 246 g/mol. The molecule has 5 heteroatoms. The Labute approximate surface area is 102 Å². The highest BCUT2D eigenvalue weighted by Crippen LogP contribution is 2.26. The zero-order valence-corrected chi connectivity index (χ0v) is 11.2. The Morgan fingerprint density at radius 1 is 1.31 bits per heavy atom. The van der Waals surface area contributed by atoms with Crippen molar-refractivity contribution in [2.24, 2.45) is 0 Å². The number of halogens is 1. The molecule has 0 atom stereocenters. The number of benzene rings is 1. The van der Waals surface area contributed by atoms with Crippen LogP contribution < -0.4 is 4.72 Å². The number of hydrogen-bond acceptors (Lipinski definition) is 2. The largest absolute Gasteiger partial charge is 0.242 e. The van der Waals surface area contributed by atoms with E-state index in [1.54, 1.807) is 13.0 Å². The van der Waals surface area contributed by atoms with Crippen LogP contribution in [0.3, 0.4) is 0 Å². The molecule has 1 N–H and O–H groups in total. The van der Waals surface area contributed by atoms with Gasteiger partial charge >= 0.3 is 0 Å². The van der Waals surface area contributed by atoms with Crippen LogP contribution in [0.15, 0.2) is 17.0 Å². The molecule has 0 saturated heterocycles. The average molecular weight is 262 g/mol. The van der Waals surface area contributed by atoms with Gasteiger partial charge < -0.3 is 0 Å². The SMILES string of the molecule is CCCNS(=O)(=O)c1c(C)cc(C)cc1Cl. The number of aryl methyl sites for hydroxylation is 2. The molecule has 0 spiro atoms. The maximum absolute atomic E-state index is 11.9. The van der Waals surface area contributed by atoms with E-state index < -0.39 is 10.0 Å². The van der Waals surface area contributed by atoms with Gasteiger partial charge in [0.15, 0.2) is 0 Å². The van der Waals surface area contributed by atoms with Crippen LogP contribution in [-0.4, -0.2) is 15.0 Å². The van der Waals surface area contributed by atoms with Gasteiger partial charge in [-0.25, -0.2) is 13.1 Å². The first-order chi connectivity index (χ1) is 7.38. The minimum atomic E-state index is -3.48. The van der Waals surface area contributed by atoms with Crippen LogP contribution in [0.5, 0.6) is 0 Å². The van der Waals surface area contributed by atoms with Gasteiger partial charge in [-0.1, -0.05) is 24.6 Å². The highest BCUT2D eigenvalue weighted by molar-refractivity contribution is 7.89. The number of hydrogen-bond donors (Lipinski definition) is 1. The summed E-state index contributed by atoms with van der Waals surface area (Å²) < 4.78 is 26.4. The van der Waals surface area contributed by atoms with Gasteiger partial charge in [0.05, 0.1) is 5.02 Å². The second-order valence-electron chi connectivity index (χ2n) is 3.79. The maximum Gasteiger partial charge on any atom is 0.242 e. The van der Waals surface area contributed by atoms with Crippen LogP contribution in [-0.2, 0) is 10.0 Å². The Morgan fingerprint density at radius 3 is 2.44 bits per heavy atom. The zero-order chi connectivity index (χ0) is 12.3. The van der Waals surface area contributed by atoms with Crippen molar-refractivity contribution in [3.63, 3.8) is 0 Å². The van der Waals surface area contributed by atoms with Crippen LogP contribution >= 0.6 is 11.6 Å². The van der Waals surface area contributed by atoms with E-state index in [0.717, 1.165) is 12.0 Å². The second-order valence-corrected chi connectivity index (χ2v) is 5.90. The van der Waals surface area contributed by atoms with Gasteiger partial charge in [0, 0.05) is 6.54 Å². The smallest absolute Gasteiger partial charge is 0.211 e. The first-order valence-electron chi connectivity index (χ1n) is 5.15. The summed E-state index contributed by atoms with van der Waals surface area (Å²) in [4.78, 5) is 0.188. The second kappa shape index (κ2) is 5.17. The molecule has 1 aromatic rings. The normalized spacial score (nSPS) is 11.8. The Hall–Kier alpha value is -0.580. The summed E-state index contributed by atoms with van der Waals surface area (Å²) in [6.07, 6.45) is 0.752. The molecule has 3 nitrogen and oxygen atoms in total. The third kappa shape index (κ3) is 2.97. The van der Waals surface area contributed by atoms with Gasteiger partial charge in [-0.3, -0.25) is 0 Å². The van der Waals surface area contributed by atoms with E-state index in [1.807, 2.05) is 19.9 Å². The third-order valence-electron chi connectivity index (χ3n) is 2.18. The van der Waals surface area contributed by atoms with Gasteiger partial charge in [0.2, 0.25) is 10.0 Å². The first-order valence-corrected chi connectivity index (χ1v) is 7.01. The summed E-state index contributed by atoms with van der Waals surface area (Å²) in [6, 6.07) is 3.47. The van der Waals surface area contributed by atoms with Crippen LogP contribution in [0.1, 0.15) is 24.5 Å². The van der Waals surface area contributed by atoms with Crippen LogP contribution in [0.4, 0.5) is 0 Å². The lowest BCUT2D eigenvalue weighted by atomic mass is 10.2. The van der Waals surface area contributed by atoms with Crippen LogP contribution in [0.25, 0.3) is 0 Å². The van der Waals surface area contributed by atoms with E-state index >= 15 is 0 Å². The quantitative estimate of drug-likeness (QED) is 0.906. The number of sulfonamides is 1. The van der Waals surface area contributed by atoms with Crippen molar-refractivity contribution in [1.29, 1.82) is 0 Å². The van der Waals surface area contributed by atoms with Crippen LogP contribution in [0, 0.1) is 13.8 Å². The van der Waals surface area contributed by atoms with Crippen molar-refractivity contribution in [1.82, 2.24) is 4.72 Å². The zero-order valence-electron chi connectivity index (χ0n) is 9.67. The highest BCUT2D eigenvalue weighted by atomic mass is 35.5. The fourth-order valence-electron chi connectivity index (χ4n) is 1.55. The summed E-state index contributed by atoms with van der Waals surface area (Å²) in [6.45, 7) is 5.96. The van der Waals surface area contributed by atoms with E-state index in [4.69, 9.17) is 11.6 Å². The lowest BCUT2D eigenvalue weighted by Crippen LogP contribution is -2.25. The monoisotopic (exact) mass is 261 g/mol. The molecule has 0 amide bonds. The Kier molecular flexibility index (Phi) is 4.35. The first kappa shape index (κ1) is 13.5. The Morgan fingerprint density at radius 2 is 1.94 bits per heavy atom. The van der Waals surface area contributed by atoms with Gasteiger partial charge in [-0.15, -0.1) is 0 Å². The Balaban J connectivity index is 3.23. The van der Waals surface area contributed by atoms with Crippen molar-refractivity contribution in [2.45, 2.75) is 32.1 Å². The molecular formula is C11H16ClNO2S. The summed E-state index contributed by atoms with van der Waals surface area (Å²) in [5.41, 5.74) is 1.63. The van der Waals surface area contributed by atoms with E-state index in [-0.39, 0.29) is 9.92 Å². The van der Waals surface area contributed by atoms with E-state index in [2.05, 4.69) is 4.72 Å². The Bertz CT molecular complexity index is 460. The third-order valence-corrected chi connectivity index (χ3v) is 4.26. The van der Waals surface area contributed by atoms with E-state index in [0.29, 0.717) is 12.1 Å². The number of nitrogens with one attached hydrogen (secondary N) is 1. The molecule has 90 valence electrons. The molecule has 0 aliphatic rings. The molecule has 1 rings (SSSR count). The summed E-state index contributed by atoms with van der Waals surface area (Å²) in [5, 5.41) is 0.279. The summed E-state index contributed by atoms with van der Waals surface area (Å²) >= 11 is 5.98. The average Bonchev–Trinajstić information content (AvgIpc) is 2.12. The standard InChI is InChI=1S/C11H16ClNO2S/c1-4-5-13-16(14,15)11-9(3)6-8(2)7-10(11)12/h6-7,13H,4-5H2,1-3H3.